The zero-order chi connectivity index (χ0) is 13.0. The molecule has 0 atom stereocenters. The van der Waals surface area contributed by atoms with Gasteiger partial charge >= 0.3 is 0 Å². The van der Waals surface area contributed by atoms with E-state index in [0.29, 0.717) is 0 Å². The lowest BCUT2D eigenvalue weighted by molar-refractivity contribution is 0.0691. The second kappa shape index (κ2) is 6.86. The van der Waals surface area contributed by atoms with Gasteiger partial charge in [0.15, 0.2) is 0 Å². The van der Waals surface area contributed by atoms with Gasteiger partial charge < -0.3 is 10.2 Å². The molecular weight excluding hydrogens is 359 g/mol. The summed E-state index contributed by atoms with van der Waals surface area (Å²) in [6.07, 6.45) is 2.25. The quantitative estimate of drug-likeness (QED) is 0.818. The van der Waals surface area contributed by atoms with Crippen LogP contribution in [-0.2, 0) is 0 Å². The zero-order valence-electron chi connectivity index (χ0n) is 10.6. The Hall–Kier alpha value is -0.140. The van der Waals surface area contributed by atoms with Crippen LogP contribution in [0.1, 0.15) is 30.1 Å². The molecule has 1 aliphatic rings. The molecule has 18 heavy (non-hydrogen) atoms. The van der Waals surface area contributed by atoms with E-state index in [1.165, 1.54) is 2.88 Å². The first kappa shape index (κ1) is 14.3. The molecule has 0 aromatic carbocycles. The van der Waals surface area contributed by atoms with Crippen molar-refractivity contribution in [3.8, 4) is 0 Å². The highest BCUT2D eigenvalue weighted by Gasteiger charge is 2.23. The van der Waals surface area contributed by atoms with Gasteiger partial charge in [0.25, 0.3) is 5.91 Å². The minimum atomic E-state index is 0.205. The summed E-state index contributed by atoms with van der Waals surface area (Å²) >= 11 is 3.90. The molecule has 2 heterocycles. The van der Waals surface area contributed by atoms with Crippen molar-refractivity contribution in [3.05, 3.63) is 19.9 Å². The van der Waals surface area contributed by atoms with Crippen molar-refractivity contribution in [2.45, 2.75) is 19.8 Å². The molecule has 1 aromatic heterocycles. The minimum absolute atomic E-state index is 0.205. The highest BCUT2D eigenvalue weighted by atomic mass is 127. The average Bonchev–Trinajstić information content (AvgIpc) is 2.83. The van der Waals surface area contributed by atoms with Crippen LogP contribution < -0.4 is 5.32 Å². The zero-order valence-corrected chi connectivity index (χ0v) is 13.6. The molecule has 1 fully saturated rings. The number of carbonyl (C=O) groups is 1. The van der Waals surface area contributed by atoms with Gasteiger partial charge in [0, 0.05) is 18.5 Å². The van der Waals surface area contributed by atoms with Gasteiger partial charge in [-0.05, 0) is 60.5 Å². The second-order valence-electron chi connectivity index (χ2n) is 4.68. The van der Waals surface area contributed by atoms with Crippen LogP contribution in [0, 0.1) is 8.80 Å². The third-order valence-electron chi connectivity index (χ3n) is 3.40. The maximum atomic E-state index is 12.2. The number of likely N-dealkylation sites (tertiary alicyclic amines) is 1. The van der Waals surface area contributed by atoms with Gasteiger partial charge in [-0.2, -0.15) is 0 Å². The van der Waals surface area contributed by atoms with Gasteiger partial charge in [-0.25, -0.2) is 0 Å². The minimum Gasteiger partial charge on any atom is -0.339 e. The van der Waals surface area contributed by atoms with Crippen molar-refractivity contribution in [1.82, 2.24) is 10.2 Å². The summed E-state index contributed by atoms with van der Waals surface area (Å²) < 4.78 is 1.18. The standard InChI is InChI=1S/C13H19IN2OS/c1-2-15-8-10-3-5-16(6-4-10)13(17)11-7-12(14)18-9-11/h7,9-10,15H,2-6,8H2,1H3. The van der Waals surface area contributed by atoms with Crippen LogP contribution in [0.3, 0.4) is 0 Å². The number of thiophene rings is 1. The largest absolute Gasteiger partial charge is 0.339 e. The van der Waals surface area contributed by atoms with E-state index in [9.17, 15) is 4.79 Å². The van der Waals surface area contributed by atoms with Gasteiger partial charge in [-0.1, -0.05) is 6.92 Å². The first-order valence-electron chi connectivity index (χ1n) is 6.44. The summed E-state index contributed by atoms with van der Waals surface area (Å²) in [5, 5.41) is 5.36. The summed E-state index contributed by atoms with van der Waals surface area (Å²) in [6, 6.07) is 1.98. The molecule has 1 aliphatic heterocycles. The van der Waals surface area contributed by atoms with Crippen molar-refractivity contribution in [2.75, 3.05) is 26.2 Å². The van der Waals surface area contributed by atoms with E-state index in [1.807, 2.05) is 16.3 Å². The Morgan fingerprint density at radius 1 is 1.56 bits per heavy atom. The number of nitrogens with zero attached hydrogens (tertiary/aromatic N) is 1. The molecule has 0 bridgehead atoms. The first-order valence-corrected chi connectivity index (χ1v) is 8.40. The Kier molecular flexibility index (Phi) is 5.44. The average molecular weight is 378 g/mol. The predicted octanol–water partition coefficient (Wildman–Crippen LogP) is 2.81. The number of rotatable bonds is 4. The van der Waals surface area contributed by atoms with E-state index in [2.05, 4.69) is 34.8 Å². The molecule has 1 aromatic rings. The number of amides is 1. The van der Waals surface area contributed by atoms with Crippen molar-refractivity contribution in [3.63, 3.8) is 0 Å². The smallest absolute Gasteiger partial charge is 0.254 e. The van der Waals surface area contributed by atoms with Crippen molar-refractivity contribution in [1.29, 1.82) is 0 Å². The molecule has 5 heteroatoms. The van der Waals surface area contributed by atoms with Crippen molar-refractivity contribution < 1.29 is 4.79 Å². The number of nitrogens with one attached hydrogen (secondary N) is 1. The van der Waals surface area contributed by atoms with E-state index in [1.54, 1.807) is 11.3 Å². The highest BCUT2D eigenvalue weighted by Crippen LogP contribution is 2.22. The Labute approximate surface area is 126 Å². The molecule has 2 rings (SSSR count). The van der Waals surface area contributed by atoms with Crippen LogP contribution in [-0.4, -0.2) is 37.0 Å². The number of halogens is 1. The fraction of sp³-hybridized carbons (Fsp3) is 0.615. The molecule has 0 saturated carbocycles. The van der Waals surface area contributed by atoms with Gasteiger partial charge in [0.1, 0.15) is 0 Å². The van der Waals surface area contributed by atoms with E-state index in [0.717, 1.165) is 50.5 Å². The summed E-state index contributed by atoms with van der Waals surface area (Å²) in [6.45, 7) is 6.07. The Bertz CT molecular complexity index is 399. The third kappa shape index (κ3) is 3.68. The van der Waals surface area contributed by atoms with Crippen LogP contribution in [0.4, 0.5) is 0 Å². The van der Waals surface area contributed by atoms with Gasteiger partial charge in [-0.3, -0.25) is 4.79 Å². The molecule has 3 nitrogen and oxygen atoms in total. The third-order valence-corrected chi connectivity index (χ3v) is 5.19. The Morgan fingerprint density at radius 2 is 2.28 bits per heavy atom. The maximum absolute atomic E-state index is 12.2. The molecule has 1 amide bonds. The summed E-state index contributed by atoms with van der Waals surface area (Å²) in [4.78, 5) is 14.2. The van der Waals surface area contributed by atoms with Gasteiger partial charge in [0.05, 0.1) is 8.45 Å². The summed E-state index contributed by atoms with van der Waals surface area (Å²) in [7, 11) is 0. The lowest BCUT2D eigenvalue weighted by Gasteiger charge is -2.32. The van der Waals surface area contributed by atoms with Crippen LogP contribution in [0.25, 0.3) is 0 Å². The first-order chi connectivity index (χ1) is 8.70. The fourth-order valence-corrected chi connectivity index (χ4v) is 3.61. The van der Waals surface area contributed by atoms with Gasteiger partial charge in [-0.15, -0.1) is 11.3 Å². The molecule has 0 aliphatic carbocycles. The SMILES string of the molecule is CCNCC1CCN(C(=O)c2csc(I)c2)CC1. The van der Waals surface area contributed by atoms with E-state index in [4.69, 9.17) is 0 Å². The van der Waals surface area contributed by atoms with E-state index >= 15 is 0 Å². The molecule has 0 unspecified atom stereocenters. The van der Waals surface area contributed by atoms with Crippen LogP contribution in [0.5, 0.6) is 0 Å². The maximum Gasteiger partial charge on any atom is 0.254 e. The molecule has 100 valence electrons. The molecule has 0 spiro atoms. The number of piperidine rings is 1. The summed E-state index contributed by atoms with van der Waals surface area (Å²) in [5.74, 6) is 0.938. The lowest BCUT2D eigenvalue weighted by Crippen LogP contribution is -2.40. The lowest BCUT2D eigenvalue weighted by atomic mass is 9.96. The van der Waals surface area contributed by atoms with Crippen LogP contribution in [0.2, 0.25) is 0 Å². The van der Waals surface area contributed by atoms with Crippen LogP contribution in [0.15, 0.2) is 11.4 Å². The molecule has 1 saturated heterocycles. The van der Waals surface area contributed by atoms with Crippen molar-refractivity contribution in [2.24, 2.45) is 5.92 Å². The normalized spacial score (nSPS) is 17.1. The topological polar surface area (TPSA) is 32.3 Å². The second-order valence-corrected chi connectivity index (χ2v) is 7.49. The summed E-state index contributed by atoms with van der Waals surface area (Å²) in [5.41, 5.74) is 0.856. The fourth-order valence-electron chi connectivity index (χ4n) is 2.29. The molecule has 0 radical (unpaired) electrons. The Morgan fingerprint density at radius 3 is 2.83 bits per heavy atom. The van der Waals surface area contributed by atoms with Crippen molar-refractivity contribution >= 4 is 39.8 Å². The molecular formula is C13H19IN2OS. The predicted molar refractivity (Wildman–Crippen MR) is 84.2 cm³/mol. The highest BCUT2D eigenvalue weighted by molar-refractivity contribution is 14.1. The number of hydrogen-bond donors (Lipinski definition) is 1. The van der Waals surface area contributed by atoms with Crippen LogP contribution >= 0.6 is 33.9 Å². The monoisotopic (exact) mass is 378 g/mol. The van der Waals surface area contributed by atoms with E-state index < -0.39 is 0 Å². The van der Waals surface area contributed by atoms with E-state index in [-0.39, 0.29) is 5.91 Å². The number of hydrogen-bond acceptors (Lipinski definition) is 3. The van der Waals surface area contributed by atoms with Gasteiger partial charge in [0.2, 0.25) is 0 Å². The molecule has 1 N–H and O–H groups in total. The number of carbonyl (C=O) groups excluding carboxylic acids is 1. The Balaban J connectivity index is 1.84.